The molecular weight excluding hydrogens is 450 g/mol. The number of ether oxygens (including phenoxy) is 1. The Morgan fingerprint density at radius 1 is 0.882 bits per heavy atom. The maximum atomic E-state index is 13.1. The molecule has 1 N–H and O–H groups in total. The molecule has 7 nitrogen and oxygen atoms in total. The second kappa shape index (κ2) is 10.4. The summed E-state index contributed by atoms with van der Waals surface area (Å²) in [6.07, 6.45) is 0. The highest BCUT2D eigenvalue weighted by molar-refractivity contribution is 7.89. The SMILES string of the molecule is COc1ccc(S(=O)(=O)N2CCN([C@H](C)C(=O)Nc3ccccc3-c3ccccc3)CC2)cc1. The summed E-state index contributed by atoms with van der Waals surface area (Å²) in [5.74, 6) is 0.493. The number of rotatable bonds is 7. The van der Waals surface area contributed by atoms with Gasteiger partial charge in [-0.05, 0) is 42.8 Å². The Labute approximate surface area is 201 Å². The van der Waals surface area contributed by atoms with Gasteiger partial charge in [0.2, 0.25) is 15.9 Å². The number of hydrogen-bond acceptors (Lipinski definition) is 5. The molecule has 1 amide bonds. The maximum absolute atomic E-state index is 13.1. The Kier molecular flexibility index (Phi) is 7.31. The minimum Gasteiger partial charge on any atom is -0.497 e. The molecule has 0 aliphatic carbocycles. The van der Waals surface area contributed by atoms with E-state index in [1.165, 1.54) is 4.31 Å². The average Bonchev–Trinajstić information content (AvgIpc) is 2.89. The fraction of sp³-hybridized carbons (Fsp3) is 0.269. The molecule has 0 radical (unpaired) electrons. The van der Waals surface area contributed by atoms with E-state index in [0.717, 1.165) is 16.8 Å². The Morgan fingerprint density at radius 3 is 2.15 bits per heavy atom. The van der Waals surface area contributed by atoms with E-state index in [1.54, 1.807) is 31.4 Å². The number of nitrogens with one attached hydrogen (secondary N) is 1. The highest BCUT2D eigenvalue weighted by Gasteiger charge is 2.32. The van der Waals surface area contributed by atoms with Crippen molar-refractivity contribution >= 4 is 21.6 Å². The molecule has 8 heteroatoms. The summed E-state index contributed by atoms with van der Waals surface area (Å²) in [7, 11) is -2.05. The molecule has 3 aromatic rings. The first-order valence-corrected chi connectivity index (χ1v) is 12.7. The van der Waals surface area contributed by atoms with E-state index >= 15 is 0 Å². The van der Waals surface area contributed by atoms with E-state index in [-0.39, 0.29) is 10.8 Å². The van der Waals surface area contributed by atoms with E-state index in [1.807, 2.05) is 66.4 Å². The predicted octanol–water partition coefficient (Wildman–Crippen LogP) is 3.70. The first-order chi connectivity index (χ1) is 16.4. The molecule has 1 saturated heterocycles. The van der Waals surface area contributed by atoms with E-state index in [4.69, 9.17) is 4.74 Å². The third kappa shape index (κ3) is 5.14. The number of methoxy groups -OCH3 is 1. The molecule has 3 aromatic carbocycles. The lowest BCUT2D eigenvalue weighted by Crippen LogP contribution is -2.53. The van der Waals surface area contributed by atoms with Crippen LogP contribution in [0.2, 0.25) is 0 Å². The van der Waals surface area contributed by atoms with E-state index in [9.17, 15) is 13.2 Å². The van der Waals surface area contributed by atoms with Crippen molar-refractivity contribution in [2.75, 3.05) is 38.6 Å². The molecule has 0 unspecified atom stereocenters. The molecule has 1 atom stereocenters. The Hall–Kier alpha value is -3.20. The second-order valence-electron chi connectivity index (χ2n) is 8.19. The summed E-state index contributed by atoms with van der Waals surface area (Å²) in [5, 5.41) is 3.06. The van der Waals surface area contributed by atoms with Gasteiger partial charge in [-0.15, -0.1) is 0 Å². The molecular formula is C26H29N3O4S. The summed E-state index contributed by atoms with van der Waals surface area (Å²) in [6, 6.07) is 23.6. The molecule has 178 valence electrons. The minimum atomic E-state index is -3.59. The highest BCUT2D eigenvalue weighted by Crippen LogP contribution is 2.28. The number of para-hydroxylation sites is 1. The Morgan fingerprint density at radius 2 is 1.50 bits per heavy atom. The Balaban J connectivity index is 1.39. The summed E-state index contributed by atoms with van der Waals surface area (Å²) in [4.78, 5) is 15.3. The van der Waals surface area contributed by atoms with Gasteiger partial charge in [0, 0.05) is 37.4 Å². The average molecular weight is 480 g/mol. The summed E-state index contributed by atoms with van der Waals surface area (Å²) in [5.41, 5.74) is 2.74. The van der Waals surface area contributed by atoms with Crippen LogP contribution in [0.25, 0.3) is 11.1 Å². The third-order valence-corrected chi connectivity index (χ3v) is 8.08. The monoisotopic (exact) mass is 479 g/mol. The van der Waals surface area contributed by atoms with Crippen molar-refractivity contribution < 1.29 is 17.9 Å². The van der Waals surface area contributed by atoms with Crippen LogP contribution >= 0.6 is 0 Å². The predicted molar refractivity (Wildman–Crippen MR) is 133 cm³/mol. The van der Waals surface area contributed by atoms with Crippen LogP contribution in [-0.4, -0.2) is 62.9 Å². The zero-order chi connectivity index (χ0) is 24.1. The maximum Gasteiger partial charge on any atom is 0.243 e. The summed E-state index contributed by atoms with van der Waals surface area (Å²) < 4.78 is 32.6. The zero-order valence-corrected chi connectivity index (χ0v) is 20.2. The molecule has 0 saturated carbocycles. The van der Waals surface area contributed by atoms with Crippen LogP contribution in [-0.2, 0) is 14.8 Å². The van der Waals surface area contributed by atoms with Crippen LogP contribution in [0.5, 0.6) is 5.75 Å². The normalized spacial score (nSPS) is 16.1. The van der Waals surface area contributed by atoms with Crippen LogP contribution in [0.1, 0.15) is 6.92 Å². The third-order valence-electron chi connectivity index (χ3n) is 6.17. The quantitative estimate of drug-likeness (QED) is 0.559. The fourth-order valence-electron chi connectivity index (χ4n) is 4.09. The number of carbonyl (C=O) groups excluding carboxylic acids is 1. The topological polar surface area (TPSA) is 79.0 Å². The summed E-state index contributed by atoms with van der Waals surface area (Å²) in [6.45, 7) is 3.46. The van der Waals surface area contributed by atoms with Crippen molar-refractivity contribution in [1.29, 1.82) is 0 Å². The van der Waals surface area contributed by atoms with Crippen molar-refractivity contribution in [3.05, 3.63) is 78.9 Å². The fourth-order valence-corrected chi connectivity index (χ4v) is 5.51. The number of piperazine rings is 1. The number of sulfonamides is 1. The number of carbonyl (C=O) groups is 1. The van der Waals surface area contributed by atoms with Gasteiger partial charge in [-0.25, -0.2) is 8.42 Å². The van der Waals surface area contributed by atoms with E-state index in [0.29, 0.717) is 31.9 Å². The number of benzene rings is 3. The van der Waals surface area contributed by atoms with E-state index in [2.05, 4.69) is 5.32 Å². The molecule has 0 bridgehead atoms. The van der Waals surface area contributed by atoms with Crippen molar-refractivity contribution in [2.45, 2.75) is 17.9 Å². The molecule has 4 rings (SSSR count). The Bertz CT molecular complexity index is 1220. The number of hydrogen-bond donors (Lipinski definition) is 1. The van der Waals surface area contributed by atoms with Gasteiger partial charge in [0.25, 0.3) is 0 Å². The molecule has 34 heavy (non-hydrogen) atoms. The molecule has 1 aliphatic rings. The van der Waals surface area contributed by atoms with Crippen molar-refractivity contribution in [3.8, 4) is 16.9 Å². The lowest BCUT2D eigenvalue weighted by Gasteiger charge is -2.36. The number of anilines is 1. The molecule has 1 aliphatic heterocycles. The van der Waals surface area contributed by atoms with Crippen molar-refractivity contribution in [2.24, 2.45) is 0 Å². The van der Waals surface area contributed by atoms with Gasteiger partial charge in [0.1, 0.15) is 5.75 Å². The van der Waals surface area contributed by atoms with Crippen LogP contribution < -0.4 is 10.1 Å². The highest BCUT2D eigenvalue weighted by atomic mass is 32.2. The van der Waals surface area contributed by atoms with E-state index < -0.39 is 16.1 Å². The van der Waals surface area contributed by atoms with Gasteiger partial charge in [-0.2, -0.15) is 4.31 Å². The largest absolute Gasteiger partial charge is 0.497 e. The standard InChI is InChI=1S/C26H29N3O4S/c1-20(26(30)27-25-11-7-6-10-24(25)21-8-4-3-5-9-21)28-16-18-29(19-17-28)34(31,32)23-14-12-22(33-2)13-15-23/h3-15,20H,16-19H2,1-2H3,(H,27,30)/t20-/m1/s1. The molecule has 0 spiro atoms. The lowest BCUT2D eigenvalue weighted by molar-refractivity contribution is -0.121. The van der Waals surface area contributed by atoms with Gasteiger partial charge in [-0.3, -0.25) is 9.69 Å². The first kappa shape index (κ1) is 23.9. The van der Waals surface area contributed by atoms with Crippen LogP contribution in [0.3, 0.4) is 0 Å². The van der Waals surface area contributed by atoms with Crippen LogP contribution in [0.15, 0.2) is 83.8 Å². The van der Waals surface area contributed by atoms with Gasteiger partial charge < -0.3 is 10.1 Å². The lowest BCUT2D eigenvalue weighted by atomic mass is 10.0. The first-order valence-electron chi connectivity index (χ1n) is 11.2. The van der Waals surface area contributed by atoms with Crippen molar-refractivity contribution in [1.82, 2.24) is 9.21 Å². The zero-order valence-electron chi connectivity index (χ0n) is 19.3. The van der Waals surface area contributed by atoms with Crippen molar-refractivity contribution in [3.63, 3.8) is 0 Å². The molecule has 0 aromatic heterocycles. The number of amides is 1. The van der Waals surface area contributed by atoms with Gasteiger partial charge in [0.15, 0.2) is 0 Å². The van der Waals surface area contributed by atoms with Gasteiger partial charge in [-0.1, -0.05) is 48.5 Å². The summed E-state index contributed by atoms with van der Waals surface area (Å²) >= 11 is 0. The molecule has 1 fully saturated rings. The smallest absolute Gasteiger partial charge is 0.243 e. The molecule has 1 heterocycles. The minimum absolute atomic E-state index is 0.116. The van der Waals surface area contributed by atoms with Crippen LogP contribution in [0.4, 0.5) is 5.69 Å². The van der Waals surface area contributed by atoms with Crippen LogP contribution in [0, 0.1) is 0 Å². The number of nitrogens with zero attached hydrogens (tertiary/aromatic N) is 2. The van der Waals surface area contributed by atoms with Gasteiger partial charge >= 0.3 is 0 Å². The second-order valence-corrected chi connectivity index (χ2v) is 10.1. The van der Waals surface area contributed by atoms with Gasteiger partial charge in [0.05, 0.1) is 18.0 Å².